The molecule has 0 radical (unpaired) electrons. The Labute approximate surface area is 97.4 Å². The van der Waals surface area contributed by atoms with Gasteiger partial charge in [-0.15, -0.1) is 0 Å². The summed E-state index contributed by atoms with van der Waals surface area (Å²) in [6.07, 6.45) is 1.05. The van der Waals surface area contributed by atoms with Crippen molar-refractivity contribution in [2.75, 3.05) is 37.7 Å². The summed E-state index contributed by atoms with van der Waals surface area (Å²) in [5, 5.41) is 3.36. The summed E-state index contributed by atoms with van der Waals surface area (Å²) in [5.74, 6) is 1.02. The highest BCUT2D eigenvalue weighted by molar-refractivity contribution is 5.58. The predicted octanol–water partition coefficient (Wildman–Crippen LogP) is 1.88. The van der Waals surface area contributed by atoms with E-state index in [1.54, 1.807) is 0 Å². The fraction of sp³-hybridized carbons (Fsp3) is 0.538. The second kappa shape index (κ2) is 5.75. The van der Waals surface area contributed by atoms with E-state index in [0.29, 0.717) is 0 Å². The highest BCUT2D eigenvalue weighted by Gasteiger charge is 2.14. The third-order valence-electron chi connectivity index (χ3n) is 2.78. The average molecular weight is 220 g/mol. The molecule has 1 aliphatic rings. The van der Waals surface area contributed by atoms with Crippen LogP contribution in [0.2, 0.25) is 0 Å². The Morgan fingerprint density at radius 1 is 1.25 bits per heavy atom. The van der Waals surface area contributed by atoms with Gasteiger partial charge in [0.15, 0.2) is 0 Å². The zero-order chi connectivity index (χ0) is 11.2. The molecule has 3 heteroatoms. The van der Waals surface area contributed by atoms with Gasteiger partial charge in [-0.3, -0.25) is 0 Å². The van der Waals surface area contributed by atoms with Crippen molar-refractivity contribution in [2.45, 2.75) is 13.3 Å². The standard InChI is InChI=1S/C13H20N2O/c1-2-11-16-13-6-4-3-5-12(13)15-9-7-14-8-10-15/h3-6,14H,2,7-11H2,1H3. The summed E-state index contributed by atoms with van der Waals surface area (Å²) in [4.78, 5) is 2.39. The van der Waals surface area contributed by atoms with Crippen LogP contribution in [0.25, 0.3) is 0 Å². The Kier molecular flexibility index (Phi) is 4.05. The van der Waals surface area contributed by atoms with Crippen molar-refractivity contribution in [3.63, 3.8) is 0 Å². The van der Waals surface area contributed by atoms with Gasteiger partial charge in [-0.2, -0.15) is 0 Å². The zero-order valence-corrected chi connectivity index (χ0v) is 9.91. The van der Waals surface area contributed by atoms with Gasteiger partial charge in [0.2, 0.25) is 0 Å². The number of nitrogens with zero attached hydrogens (tertiary/aromatic N) is 1. The molecule has 1 aromatic rings. The van der Waals surface area contributed by atoms with Gasteiger partial charge in [-0.05, 0) is 18.6 Å². The molecule has 88 valence electrons. The van der Waals surface area contributed by atoms with Crippen molar-refractivity contribution in [3.05, 3.63) is 24.3 Å². The van der Waals surface area contributed by atoms with Gasteiger partial charge in [-0.1, -0.05) is 19.1 Å². The van der Waals surface area contributed by atoms with E-state index in [-0.39, 0.29) is 0 Å². The molecule has 0 aromatic heterocycles. The lowest BCUT2D eigenvalue weighted by Gasteiger charge is -2.30. The SMILES string of the molecule is CCCOc1ccccc1N1CCNCC1. The maximum Gasteiger partial charge on any atom is 0.142 e. The van der Waals surface area contributed by atoms with Crippen LogP contribution in [-0.4, -0.2) is 32.8 Å². The molecular formula is C13H20N2O. The van der Waals surface area contributed by atoms with Crippen LogP contribution in [-0.2, 0) is 0 Å². The fourth-order valence-electron chi connectivity index (χ4n) is 1.96. The van der Waals surface area contributed by atoms with Crippen molar-refractivity contribution in [3.8, 4) is 5.75 Å². The summed E-state index contributed by atoms with van der Waals surface area (Å²) in [6.45, 7) is 7.17. The third kappa shape index (κ3) is 2.67. The zero-order valence-electron chi connectivity index (χ0n) is 9.91. The van der Waals surface area contributed by atoms with Crippen LogP contribution in [0.1, 0.15) is 13.3 Å². The van der Waals surface area contributed by atoms with Crippen molar-refractivity contribution < 1.29 is 4.74 Å². The number of nitrogens with one attached hydrogen (secondary N) is 1. The number of para-hydroxylation sites is 2. The molecule has 0 amide bonds. The first-order valence-electron chi connectivity index (χ1n) is 6.09. The summed E-state index contributed by atoms with van der Waals surface area (Å²) in [6, 6.07) is 8.33. The molecule has 1 fully saturated rings. The number of hydrogen-bond donors (Lipinski definition) is 1. The van der Waals surface area contributed by atoms with Crippen LogP contribution in [0, 0.1) is 0 Å². The van der Waals surface area contributed by atoms with Crippen LogP contribution >= 0.6 is 0 Å². The second-order valence-electron chi connectivity index (χ2n) is 4.05. The van der Waals surface area contributed by atoms with E-state index in [4.69, 9.17) is 4.74 Å². The van der Waals surface area contributed by atoms with Gasteiger partial charge in [0.1, 0.15) is 5.75 Å². The van der Waals surface area contributed by atoms with E-state index in [0.717, 1.165) is 45.0 Å². The van der Waals surface area contributed by atoms with Crippen molar-refractivity contribution >= 4 is 5.69 Å². The molecule has 0 bridgehead atoms. The summed E-state index contributed by atoms with van der Waals surface area (Å²) in [7, 11) is 0. The fourth-order valence-corrected chi connectivity index (χ4v) is 1.96. The van der Waals surface area contributed by atoms with Crippen LogP contribution in [0.3, 0.4) is 0 Å². The number of ether oxygens (including phenoxy) is 1. The van der Waals surface area contributed by atoms with E-state index in [1.165, 1.54) is 5.69 Å². The predicted molar refractivity (Wildman–Crippen MR) is 67.3 cm³/mol. The van der Waals surface area contributed by atoms with E-state index < -0.39 is 0 Å². The number of anilines is 1. The molecular weight excluding hydrogens is 200 g/mol. The third-order valence-corrected chi connectivity index (χ3v) is 2.78. The minimum atomic E-state index is 0.795. The molecule has 1 saturated heterocycles. The van der Waals surface area contributed by atoms with E-state index >= 15 is 0 Å². The van der Waals surface area contributed by atoms with Crippen molar-refractivity contribution in [1.82, 2.24) is 5.32 Å². The highest BCUT2D eigenvalue weighted by Crippen LogP contribution is 2.28. The van der Waals surface area contributed by atoms with Crippen LogP contribution < -0.4 is 15.0 Å². The maximum absolute atomic E-state index is 5.78. The molecule has 1 aromatic carbocycles. The molecule has 1 N–H and O–H groups in total. The van der Waals surface area contributed by atoms with E-state index in [9.17, 15) is 0 Å². The molecule has 0 spiro atoms. The number of benzene rings is 1. The number of hydrogen-bond acceptors (Lipinski definition) is 3. The Morgan fingerprint density at radius 2 is 2.00 bits per heavy atom. The lowest BCUT2D eigenvalue weighted by Crippen LogP contribution is -2.43. The summed E-state index contributed by atoms with van der Waals surface area (Å²) >= 11 is 0. The molecule has 1 heterocycles. The van der Waals surface area contributed by atoms with Gasteiger partial charge in [-0.25, -0.2) is 0 Å². The van der Waals surface area contributed by atoms with Gasteiger partial charge >= 0.3 is 0 Å². The average Bonchev–Trinajstić information content (AvgIpc) is 2.38. The smallest absolute Gasteiger partial charge is 0.142 e. The molecule has 3 nitrogen and oxygen atoms in total. The van der Waals surface area contributed by atoms with Gasteiger partial charge < -0.3 is 15.0 Å². The largest absolute Gasteiger partial charge is 0.491 e. The Morgan fingerprint density at radius 3 is 2.75 bits per heavy atom. The first-order chi connectivity index (χ1) is 7.92. The van der Waals surface area contributed by atoms with Crippen LogP contribution in [0.4, 0.5) is 5.69 Å². The molecule has 0 saturated carbocycles. The maximum atomic E-state index is 5.78. The molecule has 16 heavy (non-hydrogen) atoms. The number of rotatable bonds is 4. The van der Waals surface area contributed by atoms with Gasteiger partial charge in [0.05, 0.1) is 12.3 Å². The Bertz CT molecular complexity index is 321. The van der Waals surface area contributed by atoms with Crippen LogP contribution in [0.15, 0.2) is 24.3 Å². The minimum Gasteiger partial charge on any atom is -0.491 e. The first-order valence-corrected chi connectivity index (χ1v) is 6.09. The molecule has 0 atom stereocenters. The summed E-state index contributed by atoms with van der Waals surface area (Å²) < 4.78 is 5.78. The Balaban J connectivity index is 2.11. The second-order valence-corrected chi connectivity index (χ2v) is 4.05. The van der Waals surface area contributed by atoms with E-state index in [2.05, 4.69) is 35.3 Å². The Hall–Kier alpha value is -1.22. The normalized spacial score (nSPS) is 16.2. The van der Waals surface area contributed by atoms with E-state index in [1.807, 2.05) is 6.07 Å². The van der Waals surface area contributed by atoms with Gasteiger partial charge in [0, 0.05) is 26.2 Å². The summed E-state index contributed by atoms with van der Waals surface area (Å²) in [5.41, 5.74) is 1.23. The molecule has 0 unspecified atom stereocenters. The molecule has 2 rings (SSSR count). The lowest BCUT2D eigenvalue weighted by molar-refractivity contribution is 0.317. The first kappa shape index (κ1) is 11.3. The quantitative estimate of drug-likeness (QED) is 0.838. The van der Waals surface area contributed by atoms with Crippen molar-refractivity contribution in [1.29, 1.82) is 0 Å². The monoisotopic (exact) mass is 220 g/mol. The topological polar surface area (TPSA) is 24.5 Å². The molecule has 0 aliphatic carbocycles. The van der Waals surface area contributed by atoms with Gasteiger partial charge in [0.25, 0.3) is 0 Å². The molecule has 1 aliphatic heterocycles. The number of piperazine rings is 1. The van der Waals surface area contributed by atoms with Crippen molar-refractivity contribution in [2.24, 2.45) is 0 Å². The minimum absolute atomic E-state index is 0.795. The lowest BCUT2D eigenvalue weighted by atomic mass is 10.2. The highest BCUT2D eigenvalue weighted by atomic mass is 16.5. The van der Waals surface area contributed by atoms with Crippen LogP contribution in [0.5, 0.6) is 5.75 Å².